The van der Waals surface area contributed by atoms with Crippen LogP contribution >= 0.6 is 0 Å². The van der Waals surface area contributed by atoms with Gasteiger partial charge in [-0.05, 0) is 92.4 Å². The van der Waals surface area contributed by atoms with Crippen molar-refractivity contribution in [2.45, 2.75) is 81.9 Å². The van der Waals surface area contributed by atoms with Crippen molar-refractivity contribution in [2.24, 2.45) is 34.6 Å². The number of benzene rings is 1. The van der Waals surface area contributed by atoms with E-state index in [1.54, 1.807) is 0 Å². The van der Waals surface area contributed by atoms with E-state index >= 15 is 0 Å². The summed E-state index contributed by atoms with van der Waals surface area (Å²) >= 11 is 0. The van der Waals surface area contributed by atoms with Crippen LogP contribution in [0.3, 0.4) is 0 Å². The first kappa shape index (κ1) is 30.5. The van der Waals surface area contributed by atoms with Crippen LogP contribution in [0.15, 0.2) is 149 Å². The maximum atomic E-state index is 6.55. The van der Waals surface area contributed by atoms with Gasteiger partial charge in [0.05, 0.1) is 6.04 Å². The Morgan fingerprint density at radius 1 is 0.760 bits per heavy atom. The lowest BCUT2D eigenvalue weighted by Crippen LogP contribution is -2.51. The fraction of sp³-hybridized carbons (Fsp3) is 0.400. The number of ether oxygens (including phenoxy) is 1. The first-order valence-corrected chi connectivity index (χ1v) is 19.3. The Balaban J connectivity index is 0.954. The summed E-state index contributed by atoms with van der Waals surface area (Å²) in [5.41, 5.74) is 6.39. The zero-order chi connectivity index (χ0) is 33.0. The molecular weight excluding hydrogens is 613 g/mol. The van der Waals surface area contributed by atoms with Crippen molar-refractivity contribution in [2.75, 3.05) is 4.90 Å². The number of amidine groups is 1. The number of hydrogen-bond donors (Lipinski definition) is 2. The number of rotatable bonds is 5. The predicted octanol–water partition coefficient (Wildman–Crippen LogP) is 8.84. The lowest BCUT2D eigenvalue weighted by Gasteiger charge is -2.37. The smallest absolute Gasteiger partial charge is 0.131 e. The van der Waals surface area contributed by atoms with Crippen molar-refractivity contribution in [1.29, 1.82) is 0 Å². The number of allylic oxidation sites excluding steroid dienone is 13. The van der Waals surface area contributed by atoms with Gasteiger partial charge in [-0.25, -0.2) is 4.99 Å². The first-order chi connectivity index (χ1) is 24.8. The molecule has 0 saturated carbocycles. The quantitative estimate of drug-likeness (QED) is 0.310. The van der Waals surface area contributed by atoms with Gasteiger partial charge >= 0.3 is 0 Å². The van der Waals surface area contributed by atoms with Gasteiger partial charge in [0.2, 0.25) is 0 Å². The standard InChI is InChI=1S/C45H48N4O/c1-2-11-29(12-3-1)31-13-10-14-32(27-31)44-46-43(47-45(48-44)33-23-26-38-37-17-6-9-20-41(37)50-42(38)28-33)30-21-24-34(25-22-30)49-39-18-7-4-15-35(39)36-16-5-8-19-40(36)49/h2,4-5,7,9-13,15-16,18,20-25,27-28,32,35-41,43-44,46H,1,3,6,8,14,17,19,26H2,(H,47,48). The van der Waals surface area contributed by atoms with E-state index < -0.39 is 0 Å². The van der Waals surface area contributed by atoms with Crippen molar-refractivity contribution in [1.82, 2.24) is 10.6 Å². The molecule has 0 amide bonds. The average Bonchev–Trinajstić information content (AvgIpc) is 3.74. The van der Waals surface area contributed by atoms with Gasteiger partial charge in [-0.15, -0.1) is 0 Å². The Morgan fingerprint density at radius 2 is 1.64 bits per heavy atom. The second kappa shape index (κ2) is 12.8. The highest BCUT2D eigenvalue weighted by Crippen LogP contribution is 2.47. The number of nitrogens with zero attached hydrogens (tertiary/aromatic N) is 2. The Morgan fingerprint density at radius 3 is 2.56 bits per heavy atom. The van der Waals surface area contributed by atoms with E-state index in [1.165, 1.54) is 35.2 Å². The lowest BCUT2D eigenvalue weighted by molar-refractivity contribution is 0.164. The van der Waals surface area contributed by atoms with Crippen LogP contribution in [0.4, 0.5) is 5.69 Å². The van der Waals surface area contributed by atoms with Gasteiger partial charge in [0.15, 0.2) is 0 Å². The third kappa shape index (κ3) is 5.37. The van der Waals surface area contributed by atoms with Crippen LogP contribution in [0, 0.1) is 29.6 Å². The van der Waals surface area contributed by atoms with Crippen molar-refractivity contribution < 1.29 is 4.74 Å². The van der Waals surface area contributed by atoms with Crippen LogP contribution in [-0.2, 0) is 4.74 Å². The summed E-state index contributed by atoms with van der Waals surface area (Å²) in [7, 11) is 0. The minimum Gasteiger partial charge on any atom is -0.490 e. The van der Waals surface area contributed by atoms with E-state index in [0.717, 1.165) is 55.7 Å². The molecule has 2 N–H and O–H groups in total. The highest BCUT2D eigenvalue weighted by atomic mass is 16.5. The van der Waals surface area contributed by atoms with E-state index in [-0.39, 0.29) is 24.4 Å². The number of fused-ring (bicyclic) bond motifs is 6. The second-order valence-corrected chi connectivity index (χ2v) is 15.5. The number of nitrogens with one attached hydrogen (secondary N) is 2. The normalized spacial score (nSPS) is 37.7. The van der Waals surface area contributed by atoms with Crippen LogP contribution in [0.25, 0.3) is 0 Å². The van der Waals surface area contributed by atoms with Gasteiger partial charge in [0.25, 0.3) is 0 Å². The maximum absolute atomic E-state index is 6.55. The summed E-state index contributed by atoms with van der Waals surface area (Å²) in [6, 6.07) is 10.4. The van der Waals surface area contributed by atoms with E-state index in [2.05, 4.69) is 137 Å². The molecule has 254 valence electrons. The topological polar surface area (TPSA) is 48.9 Å². The Labute approximate surface area is 297 Å². The Kier molecular flexibility index (Phi) is 7.78. The Hall–Kier alpha value is -4.35. The van der Waals surface area contributed by atoms with Gasteiger partial charge in [-0.2, -0.15) is 0 Å². The van der Waals surface area contributed by atoms with Gasteiger partial charge in [0, 0.05) is 46.9 Å². The van der Waals surface area contributed by atoms with Gasteiger partial charge < -0.3 is 15.0 Å². The summed E-state index contributed by atoms with van der Waals surface area (Å²) < 4.78 is 6.55. The molecule has 0 spiro atoms. The monoisotopic (exact) mass is 660 g/mol. The van der Waals surface area contributed by atoms with Crippen LogP contribution in [0.5, 0.6) is 0 Å². The van der Waals surface area contributed by atoms with Crippen molar-refractivity contribution in [3.05, 3.63) is 150 Å². The predicted molar refractivity (Wildman–Crippen MR) is 203 cm³/mol. The number of anilines is 1. The molecule has 6 aliphatic carbocycles. The summed E-state index contributed by atoms with van der Waals surface area (Å²) in [6.45, 7) is 0. The molecule has 0 bridgehead atoms. The minimum absolute atomic E-state index is 0.0515. The van der Waals surface area contributed by atoms with E-state index in [0.29, 0.717) is 35.8 Å². The minimum atomic E-state index is -0.0562. The van der Waals surface area contributed by atoms with Gasteiger partial charge in [-0.3, -0.25) is 5.32 Å². The van der Waals surface area contributed by atoms with Crippen LogP contribution in [-0.4, -0.2) is 30.2 Å². The molecule has 1 aromatic carbocycles. The summed E-state index contributed by atoms with van der Waals surface area (Å²) in [6.07, 6.45) is 46.7. The SMILES string of the molecule is C1=CC2C3C=CCCC3N(c3ccc(C4NC(C5=CCC6C(=C5)OC5C=CCCC56)=NC(C5C=C(C6=CCCC=C6)C=CC5)N4)cc3)C2C=C1. The summed E-state index contributed by atoms with van der Waals surface area (Å²) in [4.78, 5) is 8.13. The first-order valence-electron chi connectivity index (χ1n) is 19.3. The molecule has 10 atom stereocenters. The molecule has 0 aromatic heterocycles. The molecule has 2 fully saturated rings. The second-order valence-electron chi connectivity index (χ2n) is 15.5. The largest absolute Gasteiger partial charge is 0.490 e. The highest BCUT2D eigenvalue weighted by molar-refractivity contribution is 6.01. The molecule has 3 aliphatic heterocycles. The molecule has 2 saturated heterocycles. The molecule has 5 nitrogen and oxygen atoms in total. The van der Waals surface area contributed by atoms with Crippen LogP contribution in [0.1, 0.15) is 63.1 Å². The fourth-order valence-corrected chi connectivity index (χ4v) is 10.2. The van der Waals surface area contributed by atoms with Crippen LogP contribution < -0.4 is 15.5 Å². The molecule has 9 aliphatic rings. The van der Waals surface area contributed by atoms with E-state index in [1.807, 2.05) is 0 Å². The van der Waals surface area contributed by atoms with Crippen molar-refractivity contribution in [3.8, 4) is 0 Å². The lowest BCUT2D eigenvalue weighted by atomic mass is 9.79. The molecular formula is C45H48N4O. The average molecular weight is 661 g/mol. The zero-order valence-electron chi connectivity index (χ0n) is 28.8. The maximum Gasteiger partial charge on any atom is 0.131 e. The molecule has 50 heavy (non-hydrogen) atoms. The fourth-order valence-electron chi connectivity index (χ4n) is 10.2. The highest BCUT2D eigenvalue weighted by Gasteiger charge is 2.47. The van der Waals surface area contributed by atoms with Crippen molar-refractivity contribution >= 4 is 11.5 Å². The molecule has 10 unspecified atom stereocenters. The third-order valence-electron chi connectivity index (χ3n) is 12.7. The van der Waals surface area contributed by atoms with Crippen LogP contribution in [0.2, 0.25) is 0 Å². The molecule has 10 rings (SSSR count). The molecule has 0 radical (unpaired) electrons. The van der Waals surface area contributed by atoms with Gasteiger partial charge in [-0.1, -0.05) is 97.2 Å². The Bertz CT molecular complexity index is 1860. The molecule has 3 heterocycles. The number of aliphatic imine (C=N–C) groups is 1. The van der Waals surface area contributed by atoms with E-state index in [9.17, 15) is 0 Å². The summed E-state index contributed by atoms with van der Waals surface area (Å²) in [5.74, 6) is 4.59. The molecule has 5 heteroatoms. The van der Waals surface area contributed by atoms with Gasteiger partial charge in [0.1, 0.15) is 30.0 Å². The van der Waals surface area contributed by atoms with E-state index in [4.69, 9.17) is 9.73 Å². The third-order valence-corrected chi connectivity index (χ3v) is 12.7. The zero-order valence-corrected chi connectivity index (χ0v) is 28.8. The molecule has 1 aromatic rings. The van der Waals surface area contributed by atoms with Crippen molar-refractivity contribution in [3.63, 3.8) is 0 Å². The number of hydrogen-bond acceptors (Lipinski definition) is 5. The summed E-state index contributed by atoms with van der Waals surface area (Å²) in [5, 5.41) is 7.81.